The van der Waals surface area contributed by atoms with Crippen molar-refractivity contribution in [3.8, 4) is 0 Å². The van der Waals surface area contributed by atoms with Crippen LogP contribution < -0.4 is 11.1 Å². The SMILES string of the molecule is CC(C)CCCOCCC(NC(C)C)C(N)=O. The Labute approximate surface area is 105 Å². The summed E-state index contributed by atoms with van der Waals surface area (Å²) < 4.78 is 5.50. The second kappa shape index (κ2) is 9.42. The third kappa shape index (κ3) is 10.3. The molecule has 0 aromatic heterocycles. The van der Waals surface area contributed by atoms with Gasteiger partial charge in [-0.05, 0) is 25.2 Å². The third-order valence-electron chi connectivity index (χ3n) is 2.50. The van der Waals surface area contributed by atoms with Gasteiger partial charge >= 0.3 is 0 Å². The van der Waals surface area contributed by atoms with Crippen LogP contribution >= 0.6 is 0 Å². The van der Waals surface area contributed by atoms with Crippen molar-refractivity contribution in [3.05, 3.63) is 0 Å². The molecule has 0 aliphatic rings. The van der Waals surface area contributed by atoms with Crippen molar-refractivity contribution in [2.45, 2.75) is 59.0 Å². The average molecular weight is 244 g/mol. The van der Waals surface area contributed by atoms with Crippen molar-refractivity contribution < 1.29 is 9.53 Å². The minimum atomic E-state index is -0.301. The zero-order valence-corrected chi connectivity index (χ0v) is 11.7. The molecule has 1 amide bonds. The molecule has 4 nitrogen and oxygen atoms in total. The van der Waals surface area contributed by atoms with Crippen molar-refractivity contribution in [1.29, 1.82) is 0 Å². The molecule has 0 aliphatic heterocycles. The third-order valence-corrected chi connectivity index (χ3v) is 2.50. The number of carbonyl (C=O) groups is 1. The maximum absolute atomic E-state index is 11.1. The summed E-state index contributed by atoms with van der Waals surface area (Å²) in [5.41, 5.74) is 5.31. The first-order valence-electron chi connectivity index (χ1n) is 6.56. The lowest BCUT2D eigenvalue weighted by Crippen LogP contribution is -2.45. The lowest BCUT2D eigenvalue weighted by molar-refractivity contribution is -0.120. The van der Waals surface area contributed by atoms with Crippen LogP contribution in [0.3, 0.4) is 0 Å². The number of hydrogen-bond acceptors (Lipinski definition) is 3. The second-order valence-electron chi connectivity index (χ2n) is 5.21. The predicted molar refractivity (Wildman–Crippen MR) is 70.8 cm³/mol. The average Bonchev–Trinajstić information content (AvgIpc) is 2.20. The summed E-state index contributed by atoms with van der Waals surface area (Å²) in [6.07, 6.45) is 2.91. The van der Waals surface area contributed by atoms with E-state index in [0.29, 0.717) is 13.0 Å². The van der Waals surface area contributed by atoms with Crippen LogP contribution in [0.4, 0.5) is 0 Å². The van der Waals surface area contributed by atoms with E-state index in [-0.39, 0.29) is 18.0 Å². The Balaban J connectivity index is 3.58. The van der Waals surface area contributed by atoms with Gasteiger partial charge in [0.1, 0.15) is 0 Å². The van der Waals surface area contributed by atoms with E-state index in [1.807, 2.05) is 13.8 Å². The highest BCUT2D eigenvalue weighted by Gasteiger charge is 2.15. The summed E-state index contributed by atoms with van der Waals surface area (Å²) >= 11 is 0. The molecule has 0 radical (unpaired) electrons. The molecule has 0 fully saturated rings. The molecule has 4 heteroatoms. The predicted octanol–water partition coefficient (Wildman–Crippen LogP) is 1.68. The molecule has 0 bridgehead atoms. The number of nitrogens with two attached hydrogens (primary N) is 1. The molecule has 0 rings (SSSR count). The van der Waals surface area contributed by atoms with Crippen molar-refractivity contribution in [2.75, 3.05) is 13.2 Å². The molecule has 0 spiro atoms. The van der Waals surface area contributed by atoms with E-state index in [0.717, 1.165) is 18.9 Å². The van der Waals surface area contributed by atoms with Gasteiger partial charge in [-0.1, -0.05) is 27.7 Å². The summed E-state index contributed by atoms with van der Waals surface area (Å²) in [6, 6.07) is -0.0199. The first-order valence-corrected chi connectivity index (χ1v) is 6.56. The van der Waals surface area contributed by atoms with Crippen LogP contribution in [0.5, 0.6) is 0 Å². The highest BCUT2D eigenvalue weighted by Crippen LogP contribution is 2.03. The van der Waals surface area contributed by atoms with Gasteiger partial charge < -0.3 is 15.8 Å². The Hall–Kier alpha value is -0.610. The van der Waals surface area contributed by atoms with Gasteiger partial charge in [0.15, 0.2) is 0 Å². The summed E-state index contributed by atoms with van der Waals surface area (Å²) in [4.78, 5) is 11.1. The van der Waals surface area contributed by atoms with Crippen LogP contribution in [0, 0.1) is 5.92 Å². The molecule has 0 saturated heterocycles. The fourth-order valence-electron chi connectivity index (χ4n) is 1.61. The van der Waals surface area contributed by atoms with Gasteiger partial charge in [0.05, 0.1) is 6.04 Å². The molecular weight excluding hydrogens is 216 g/mol. The maximum atomic E-state index is 11.1. The molecule has 17 heavy (non-hydrogen) atoms. The zero-order valence-electron chi connectivity index (χ0n) is 11.7. The highest BCUT2D eigenvalue weighted by molar-refractivity contribution is 5.79. The van der Waals surface area contributed by atoms with Crippen molar-refractivity contribution in [1.82, 2.24) is 5.32 Å². The van der Waals surface area contributed by atoms with Crippen LogP contribution in [0.25, 0.3) is 0 Å². The molecule has 1 unspecified atom stereocenters. The van der Waals surface area contributed by atoms with Gasteiger partial charge in [-0.3, -0.25) is 4.79 Å². The molecule has 0 aromatic rings. The number of primary amides is 1. The van der Waals surface area contributed by atoms with Gasteiger partial charge in [0.2, 0.25) is 5.91 Å². The number of hydrogen-bond donors (Lipinski definition) is 2. The monoisotopic (exact) mass is 244 g/mol. The number of carbonyl (C=O) groups excluding carboxylic acids is 1. The minimum absolute atomic E-state index is 0.258. The summed E-state index contributed by atoms with van der Waals surface area (Å²) in [7, 11) is 0. The second-order valence-corrected chi connectivity index (χ2v) is 5.21. The van der Waals surface area contributed by atoms with E-state index in [4.69, 9.17) is 10.5 Å². The highest BCUT2D eigenvalue weighted by atomic mass is 16.5. The number of amides is 1. The first kappa shape index (κ1) is 16.4. The molecular formula is C13H28N2O2. The van der Waals surface area contributed by atoms with E-state index in [1.54, 1.807) is 0 Å². The van der Waals surface area contributed by atoms with Gasteiger partial charge in [-0.25, -0.2) is 0 Å². The Morgan fingerprint density at radius 3 is 2.29 bits per heavy atom. The molecule has 0 aliphatic carbocycles. The molecule has 0 saturated carbocycles. The fourth-order valence-corrected chi connectivity index (χ4v) is 1.61. The van der Waals surface area contributed by atoms with E-state index >= 15 is 0 Å². The molecule has 102 valence electrons. The molecule has 3 N–H and O–H groups in total. The summed E-state index contributed by atoms with van der Waals surface area (Å²) in [6.45, 7) is 9.76. The minimum Gasteiger partial charge on any atom is -0.381 e. The van der Waals surface area contributed by atoms with Crippen LogP contribution in [0.1, 0.15) is 47.0 Å². The molecule has 1 atom stereocenters. The van der Waals surface area contributed by atoms with Crippen LogP contribution in [-0.2, 0) is 9.53 Å². The van der Waals surface area contributed by atoms with Crippen LogP contribution in [-0.4, -0.2) is 31.2 Å². The zero-order chi connectivity index (χ0) is 13.3. The Morgan fingerprint density at radius 1 is 1.18 bits per heavy atom. The summed E-state index contributed by atoms with van der Waals surface area (Å²) in [5, 5.41) is 3.13. The molecule has 0 aromatic carbocycles. The van der Waals surface area contributed by atoms with E-state index in [1.165, 1.54) is 6.42 Å². The number of nitrogens with one attached hydrogen (secondary N) is 1. The molecule has 0 heterocycles. The van der Waals surface area contributed by atoms with Gasteiger partial charge in [-0.2, -0.15) is 0 Å². The normalized spacial score (nSPS) is 13.3. The van der Waals surface area contributed by atoms with Crippen molar-refractivity contribution in [3.63, 3.8) is 0 Å². The van der Waals surface area contributed by atoms with E-state index in [9.17, 15) is 4.79 Å². The van der Waals surface area contributed by atoms with Gasteiger partial charge in [-0.15, -0.1) is 0 Å². The smallest absolute Gasteiger partial charge is 0.234 e. The quantitative estimate of drug-likeness (QED) is 0.575. The Bertz CT molecular complexity index is 206. The Kier molecular flexibility index (Phi) is 9.09. The topological polar surface area (TPSA) is 64.3 Å². The number of rotatable bonds is 10. The Morgan fingerprint density at radius 2 is 1.82 bits per heavy atom. The fraction of sp³-hybridized carbons (Fsp3) is 0.923. The maximum Gasteiger partial charge on any atom is 0.234 e. The van der Waals surface area contributed by atoms with Crippen LogP contribution in [0.15, 0.2) is 0 Å². The van der Waals surface area contributed by atoms with Crippen molar-refractivity contribution in [2.24, 2.45) is 11.7 Å². The standard InChI is InChI=1S/C13H28N2O2/c1-10(2)6-5-8-17-9-7-12(13(14)16)15-11(3)4/h10-12,15H,5-9H2,1-4H3,(H2,14,16). The van der Waals surface area contributed by atoms with Gasteiger partial charge in [0, 0.05) is 19.3 Å². The van der Waals surface area contributed by atoms with Crippen LogP contribution in [0.2, 0.25) is 0 Å². The van der Waals surface area contributed by atoms with Gasteiger partial charge in [0.25, 0.3) is 0 Å². The lowest BCUT2D eigenvalue weighted by Gasteiger charge is -2.18. The summed E-state index contributed by atoms with van der Waals surface area (Å²) in [5.74, 6) is 0.420. The first-order chi connectivity index (χ1) is 7.93. The van der Waals surface area contributed by atoms with E-state index < -0.39 is 0 Å². The number of ether oxygens (including phenoxy) is 1. The van der Waals surface area contributed by atoms with E-state index in [2.05, 4.69) is 19.2 Å². The van der Waals surface area contributed by atoms with Crippen molar-refractivity contribution >= 4 is 5.91 Å². The largest absolute Gasteiger partial charge is 0.381 e. The lowest BCUT2D eigenvalue weighted by atomic mass is 10.1.